The highest BCUT2D eigenvalue weighted by Gasteiger charge is 2.30. The average Bonchev–Trinajstić information content (AvgIpc) is 2.84. The van der Waals surface area contributed by atoms with Crippen LogP contribution in [0.15, 0.2) is 24.3 Å². The van der Waals surface area contributed by atoms with Gasteiger partial charge in [0.05, 0.1) is 11.6 Å². The second-order valence-electron chi connectivity index (χ2n) is 5.04. The van der Waals surface area contributed by atoms with E-state index in [-0.39, 0.29) is 11.9 Å². The summed E-state index contributed by atoms with van der Waals surface area (Å²) in [6.07, 6.45) is -1.99. The Morgan fingerprint density at radius 1 is 1.30 bits per heavy atom. The molecule has 20 heavy (non-hydrogen) atoms. The fourth-order valence-corrected chi connectivity index (χ4v) is 2.55. The molecule has 1 saturated heterocycles. The Labute approximate surface area is 115 Å². The number of hydrogen-bond donors (Lipinski definition) is 1. The number of benzene rings is 1. The van der Waals surface area contributed by atoms with E-state index in [1.807, 2.05) is 4.90 Å². The largest absolute Gasteiger partial charge is 0.416 e. The summed E-state index contributed by atoms with van der Waals surface area (Å²) in [6.45, 7) is 1.45. The lowest BCUT2D eigenvalue weighted by atomic mass is 10.1. The quantitative estimate of drug-likeness (QED) is 0.922. The summed E-state index contributed by atoms with van der Waals surface area (Å²) >= 11 is 0. The molecule has 2 rings (SSSR count). The lowest BCUT2D eigenvalue weighted by molar-refractivity contribution is -0.137. The van der Waals surface area contributed by atoms with Gasteiger partial charge in [0.15, 0.2) is 0 Å². The fraction of sp³-hybridized carbons (Fsp3) is 0.500. The van der Waals surface area contributed by atoms with Crippen molar-refractivity contribution in [1.29, 1.82) is 0 Å². The molecule has 1 aliphatic heterocycles. The zero-order chi connectivity index (χ0) is 14.8. The van der Waals surface area contributed by atoms with Crippen LogP contribution in [0.1, 0.15) is 24.0 Å². The zero-order valence-corrected chi connectivity index (χ0v) is 11.0. The summed E-state index contributed by atoms with van der Waals surface area (Å²) in [4.78, 5) is 13.2. The standard InChI is InChI=1S/C14H17F3N2O/c15-14(16,17)11-5-3-10(4-6-11)7-9-19-8-1-2-12(19)13(18)20/h3-6,12H,1-2,7-9H2,(H2,18,20). The molecule has 110 valence electrons. The molecule has 1 atom stereocenters. The Kier molecular flexibility index (Phi) is 4.32. The van der Waals surface area contributed by atoms with Crippen LogP contribution in [0.5, 0.6) is 0 Å². The van der Waals surface area contributed by atoms with Gasteiger partial charge in [-0.2, -0.15) is 13.2 Å². The van der Waals surface area contributed by atoms with Crippen molar-refractivity contribution in [2.45, 2.75) is 31.5 Å². The summed E-state index contributed by atoms with van der Waals surface area (Å²) in [5.74, 6) is -0.324. The Morgan fingerprint density at radius 2 is 1.95 bits per heavy atom. The molecule has 6 heteroatoms. The Hall–Kier alpha value is -1.56. The van der Waals surface area contributed by atoms with E-state index in [4.69, 9.17) is 5.73 Å². The molecular weight excluding hydrogens is 269 g/mol. The second kappa shape index (κ2) is 5.83. The fourth-order valence-electron chi connectivity index (χ4n) is 2.55. The summed E-state index contributed by atoms with van der Waals surface area (Å²) in [6, 6.07) is 4.91. The lowest BCUT2D eigenvalue weighted by Gasteiger charge is -2.21. The molecule has 1 amide bonds. The maximum Gasteiger partial charge on any atom is 0.416 e. The maximum absolute atomic E-state index is 12.4. The smallest absolute Gasteiger partial charge is 0.368 e. The minimum Gasteiger partial charge on any atom is -0.368 e. The molecule has 1 aromatic rings. The van der Waals surface area contributed by atoms with Gasteiger partial charge < -0.3 is 5.73 Å². The minimum atomic E-state index is -4.30. The van der Waals surface area contributed by atoms with E-state index in [0.29, 0.717) is 13.0 Å². The van der Waals surface area contributed by atoms with E-state index in [9.17, 15) is 18.0 Å². The van der Waals surface area contributed by atoms with Gasteiger partial charge in [0.2, 0.25) is 5.91 Å². The topological polar surface area (TPSA) is 46.3 Å². The number of nitrogens with two attached hydrogens (primary N) is 1. The third-order valence-corrected chi connectivity index (χ3v) is 3.66. The molecule has 0 aliphatic carbocycles. The molecule has 1 heterocycles. The van der Waals surface area contributed by atoms with E-state index in [1.54, 1.807) is 0 Å². The van der Waals surface area contributed by atoms with Crippen molar-refractivity contribution in [1.82, 2.24) is 4.90 Å². The molecule has 0 bridgehead atoms. The van der Waals surface area contributed by atoms with Crippen LogP contribution >= 0.6 is 0 Å². The molecule has 1 fully saturated rings. The van der Waals surface area contributed by atoms with Crippen LogP contribution in [0.4, 0.5) is 13.2 Å². The van der Waals surface area contributed by atoms with Crippen molar-refractivity contribution in [3.63, 3.8) is 0 Å². The second-order valence-corrected chi connectivity index (χ2v) is 5.04. The Bertz CT molecular complexity index is 470. The molecule has 3 nitrogen and oxygen atoms in total. The lowest BCUT2D eigenvalue weighted by Crippen LogP contribution is -2.41. The number of carbonyl (C=O) groups is 1. The van der Waals surface area contributed by atoms with Crippen molar-refractivity contribution < 1.29 is 18.0 Å². The number of alkyl halides is 3. The first-order valence-corrected chi connectivity index (χ1v) is 6.57. The molecule has 1 aromatic carbocycles. The van der Waals surface area contributed by atoms with Crippen LogP contribution in [0.25, 0.3) is 0 Å². The van der Waals surface area contributed by atoms with Gasteiger partial charge in [0.25, 0.3) is 0 Å². The normalized spacial score (nSPS) is 20.2. The summed E-state index contributed by atoms with van der Waals surface area (Å²) < 4.78 is 37.3. The molecular formula is C14H17F3N2O. The summed E-state index contributed by atoms with van der Waals surface area (Å²) in [7, 11) is 0. The minimum absolute atomic E-state index is 0.232. The first-order valence-electron chi connectivity index (χ1n) is 6.57. The number of halogens is 3. The van der Waals surface area contributed by atoms with Crippen molar-refractivity contribution in [3.8, 4) is 0 Å². The van der Waals surface area contributed by atoms with Crippen molar-refractivity contribution in [2.24, 2.45) is 5.73 Å². The van der Waals surface area contributed by atoms with E-state index >= 15 is 0 Å². The number of likely N-dealkylation sites (tertiary alicyclic amines) is 1. The van der Waals surface area contributed by atoms with Gasteiger partial charge in [-0.25, -0.2) is 0 Å². The van der Waals surface area contributed by atoms with E-state index in [1.165, 1.54) is 12.1 Å². The predicted octanol–water partition coefficient (Wildman–Crippen LogP) is 2.20. The third-order valence-electron chi connectivity index (χ3n) is 3.66. The molecule has 0 saturated carbocycles. The number of rotatable bonds is 4. The zero-order valence-electron chi connectivity index (χ0n) is 11.0. The van der Waals surface area contributed by atoms with E-state index in [2.05, 4.69) is 0 Å². The third kappa shape index (κ3) is 3.50. The van der Waals surface area contributed by atoms with Crippen LogP contribution in [0.2, 0.25) is 0 Å². The number of nitrogens with zero attached hydrogens (tertiary/aromatic N) is 1. The average molecular weight is 286 g/mol. The highest BCUT2D eigenvalue weighted by molar-refractivity contribution is 5.80. The monoisotopic (exact) mass is 286 g/mol. The van der Waals surface area contributed by atoms with Gasteiger partial charge in [-0.1, -0.05) is 12.1 Å². The molecule has 0 aromatic heterocycles. The molecule has 1 aliphatic rings. The first-order chi connectivity index (χ1) is 9.38. The summed E-state index contributed by atoms with van der Waals surface area (Å²) in [5.41, 5.74) is 5.50. The number of hydrogen-bond acceptors (Lipinski definition) is 2. The maximum atomic E-state index is 12.4. The number of amides is 1. The highest BCUT2D eigenvalue weighted by Crippen LogP contribution is 2.29. The van der Waals surface area contributed by atoms with E-state index < -0.39 is 11.7 Å². The van der Waals surface area contributed by atoms with Crippen LogP contribution < -0.4 is 5.73 Å². The molecule has 0 radical (unpaired) electrons. The van der Waals surface area contributed by atoms with Gasteiger partial charge in [-0.3, -0.25) is 9.69 Å². The summed E-state index contributed by atoms with van der Waals surface area (Å²) in [5, 5.41) is 0. The SMILES string of the molecule is NC(=O)C1CCCN1CCc1ccc(C(F)(F)F)cc1. The van der Waals surface area contributed by atoms with Gasteiger partial charge in [-0.15, -0.1) is 0 Å². The van der Waals surface area contributed by atoms with Crippen molar-refractivity contribution >= 4 is 5.91 Å². The Balaban J connectivity index is 1.93. The van der Waals surface area contributed by atoms with Crippen LogP contribution in [0, 0.1) is 0 Å². The van der Waals surface area contributed by atoms with Gasteiger partial charge in [0, 0.05) is 6.54 Å². The predicted molar refractivity (Wildman–Crippen MR) is 68.9 cm³/mol. The molecule has 1 unspecified atom stereocenters. The molecule has 2 N–H and O–H groups in total. The first kappa shape index (κ1) is 14.8. The number of primary amides is 1. The van der Waals surface area contributed by atoms with E-state index in [0.717, 1.165) is 37.1 Å². The highest BCUT2D eigenvalue weighted by atomic mass is 19.4. The van der Waals surface area contributed by atoms with Gasteiger partial charge in [-0.05, 0) is 43.5 Å². The van der Waals surface area contributed by atoms with Gasteiger partial charge >= 0.3 is 6.18 Å². The number of carbonyl (C=O) groups excluding carboxylic acids is 1. The van der Waals surface area contributed by atoms with Crippen molar-refractivity contribution in [3.05, 3.63) is 35.4 Å². The van der Waals surface area contributed by atoms with Crippen molar-refractivity contribution in [2.75, 3.05) is 13.1 Å². The van der Waals surface area contributed by atoms with Crippen LogP contribution in [-0.2, 0) is 17.4 Å². The molecule has 0 spiro atoms. The van der Waals surface area contributed by atoms with Gasteiger partial charge in [0.1, 0.15) is 0 Å². The van der Waals surface area contributed by atoms with Crippen LogP contribution in [-0.4, -0.2) is 29.9 Å². The van der Waals surface area contributed by atoms with Crippen LogP contribution in [0.3, 0.4) is 0 Å². The Morgan fingerprint density at radius 3 is 2.50 bits per heavy atom.